The van der Waals surface area contributed by atoms with Crippen molar-refractivity contribution < 1.29 is 4.79 Å². The summed E-state index contributed by atoms with van der Waals surface area (Å²) in [4.78, 5) is 19.2. The lowest BCUT2D eigenvalue weighted by atomic mass is 9.93. The molecule has 1 heterocycles. The minimum Gasteiger partial charge on any atom is -0.376 e. The first kappa shape index (κ1) is 18.3. The summed E-state index contributed by atoms with van der Waals surface area (Å²) in [7, 11) is 3.84. The van der Waals surface area contributed by atoms with E-state index in [1.807, 2.05) is 55.4 Å². The summed E-state index contributed by atoms with van der Waals surface area (Å²) in [5, 5.41) is 0. The number of aromatic nitrogens is 1. The van der Waals surface area contributed by atoms with Crippen LogP contribution in [0.4, 0.5) is 5.69 Å². The average Bonchev–Trinajstić information content (AvgIpc) is 2.64. The highest BCUT2D eigenvalue weighted by Gasteiger charge is 2.17. The predicted molar refractivity (Wildman–Crippen MR) is 111 cm³/mol. The van der Waals surface area contributed by atoms with Gasteiger partial charge in [-0.25, -0.2) is 4.98 Å². The standard InChI is InChI=1S/C22H21BrN2O/c1-15-17(10-7-11-19(15)16-8-5-4-6-9-16)12-21(26)22-20(25(2)3)13-18(23)14-24-22/h4-11,13-14H,12H2,1-3H3. The molecule has 0 aliphatic carbocycles. The Morgan fingerprint density at radius 1 is 1.08 bits per heavy atom. The van der Waals surface area contributed by atoms with Crippen LogP contribution in [0.15, 0.2) is 65.3 Å². The third-order valence-corrected chi connectivity index (χ3v) is 4.90. The largest absolute Gasteiger partial charge is 0.376 e. The van der Waals surface area contributed by atoms with Crippen LogP contribution in [0.25, 0.3) is 11.1 Å². The van der Waals surface area contributed by atoms with E-state index in [-0.39, 0.29) is 5.78 Å². The first-order chi connectivity index (χ1) is 12.5. The fourth-order valence-corrected chi connectivity index (χ4v) is 3.37. The van der Waals surface area contributed by atoms with Crippen LogP contribution in [0.3, 0.4) is 0 Å². The zero-order chi connectivity index (χ0) is 18.7. The van der Waals surface area contributed by atoms with Crippen molar-refractivity contribution in [3.05, 3.63) is 82.1 Å². The number of hydrogen-bond acceptors (Lipinski definition) is 3. The second-order valence-corrected chi connectivity index (χ2v) is 7.39. The maximum atomic E-state index is 12.9. The molecule has 132 valence electrons. The number of halogens is 1. The van der Waals surface area contributed by atoms with Crippen molar-refractivity contribution >= 4 is 27.4 Å². The third kappa shape index (κ3) is 3.86. The minimum atomic E-state index is 0.0227. The van der Waals surface area contributed by atoms with E-state index in [9.17, 15) is 4.79 Å². The molecule has 0 N–H and O–H groups in total. The van der Waals surface area contributed by atoms with Gasteiger partial charge in [0.05, 0.1) is 5.69 Å². The molecule has 0 aliphatic heterocycles. The smallest absolute Gasteiger partial charge is 0.187 e. The highest BCUT2D eigenvalue weighted by Crippen LogP contribution is 2.27. The van der Waals surface area contributed by atoms with Gasteiger partial charge < -0.3 is 4.90 Å². The number of ketones is 1. The first-order valence-corrected chi connectivity index (χ1v) is 9.26. The Kier molecular flexibility index (Phi) is 5.52. The molecule has 26 heavy (non-hydrogen) atoms. The van der Waals surface area contributed by atoms with Crippen molar-refractivity contribution in [1.82, 2.24) is 4.98 Å². The summed E-state index contributed by atoms with van der Waals surface area (Å²) >= 11 is 3.43. The zero-order valence-electron chi connectivity index (χ0n) is 15.2. The fraction of sp³-hybridized carbons (Fsp3) is 0.182. The maximum Gasteiger partial charge on any atom is 0.187 e. The van der Waals surface area contributed by atoms with Crippen LogP contribution in [-0.2, 0) is 6.42 Å². The highest BCUT2D eigenvalue weighted by atomic mass is 79.9. The van der Waals surface area contributed by atoms with Crippen LogP contribution in [0.1, 0.15) is 21.6 Å². The molecule has 3 nitrogen and oxygen atoms in total. The van der Waals surface area contributed by atoms with Gasteiger partial charge in [0.2, 0.25) is 0 Å². The van der Waals surface area contributed by atoms with Gasteiger partial charge in [-0.15, -0.1) is 0 Å². The normalized spacial score (nSPS) is 10.6. The molecule has 2 aromatic carbocycles. The molecule has 0 aliphatic rings. The number of pyridine rings is 1. The van der Waals surface area contributed by atoms with E-state index in [0.29, 0.717) is 12.1 Å². The van der Waals surface area contributed by atoms with Gasteiger partial charge in [-0.1, -0.05) is 48.5 Å². The van der Waals surface area contributed by atoms with E-state index < -0.39 is 0 Å². The lowest BCUT2D eigenvalue weighted by Crippen LogP contribution is -2.17. The molecule has 0 atom stereocenters. The quantitative estimate of drug-likeness (QED) is 0.536. The molecule has 0 spiro atoms. The molecular weight excluding hydrogens is 388 g/mol. The monoisotopic (exact) mass is 408 g/mol. The highest BCUT2D eigenvalue weighted by molar-refractivity contribution is 9.10. The molecule has 1 aromatic heterocycles. The SMILES string of the molecule is Cc1c(CC(=O)c2ncc(Br)cc2N(C)C)cccc1-c1ccccc1. The van der Waals surface area contributed by atoms with Crippen LogP contribution in [-0.4, -0.2) is 24.9 Å². The molecule has 0 amide bonds. The Labute approximate surface area is 162 Å². The molecule has 3 aromatic rings. The molecule has 0 bridgehead atoms. The van der Waals surface area contributed by atoms with E-state index in [1.54, 1.807) is 6.20 Å². The summed E-state index contributed by atoms with van der Waals surface area (Å²) < 4.78 is 0.861. The van der Waals surface area contributed by atoms with Crippen molar-refractivity contribution in [2.75, 3.05) is 19.0 Å². The van der Waals surface area contributed by atoms with Gasteiger partial charge >= 0.3 is 0 Å². The van der Waals surface area contributed by atoms with Crippen LogP contribution in [0.5, 0.6) is 0 Å². The van der Waals surface area contributed by atoms with Gasteiger partial charge in [-0.2, -0.15) is 0 Å². The van der Waals surface area contributed by atoms with Crippen molar-refractivity contribution in [2.24, 2.45) is 0 Å². The zero-order valence-corrected chi connectivity index (χ0v) is 16.7. The van der Waals surface area contributed by atoms with Gasteiger partial charge in [0, 0.05) is 31.2 Å². The summed E-state index contributed by atoms with van der Waals surface area (Å²) in [6, 6.07) is 18.3. The van der Waals surface area contributed by atoms with E-state index >= 15 is 0 Å². The number of rotatable bonds is 5. The van der Waals surface area contributed by atoms with Gasteiger partial charge in [0.25, 0.3) is 0 Å². The van der Waals surface area contributed by atoms with E-state index in [0.717, 1.165) is 32.4 Å². The number of Topliss-reactive ketones (excluding diaryl/α,β-unsaturated/α-hetero) is 1. The van der Waals surface area contributed by atoms with Crippen LogP contribution < -0.4 is 4.90 Å². The summed E-state index contributed by atoms with van der Waals surface area (Å²) in [6.07, 6.45) is 2.01. The Morgan fingerprint density at radius 3 is 2.50 bits per heavy atom. The Morgan fingerprint density at radius 2 is 1.81 bits per heavy atom. The molecule has 3 rings (SSSR count). The van der Waals surface area contributed by atoms with E-state index in [4.69, 9.17) is 0 Å². The minimum absolute atomic E-state index is 0.0227. The van der Waals surface area contributed by atoms with Crippen molar-refractivity contribution in [3.63, 3.8) is 0 Å². The molecule has 0 saturated carbocycles. The van der Waals surface area contributed by atoms with Crippen molar-refractivity contribution in [3.8, 4) is 11.1 Å². The number of carbonyl (C=O) groups is 1. The first-order valence-electron chi connectivity index (χ1n) is 8.47. The summed E-state index contributed by atoms with van der Waals surface area (Å²) in [5.74, 6) is 0.0227. The Balaban J connectivity index is 1.94. The molecule has 0 radical (unpaired) electrons. The number of nitrogens with zero attached hydrogens (tertiary/aromatic N) is 2. The van der Waals surface area contributed by atoms with Gasteiger partial charge in [0.1, 0.15) is 5.69 Å². The maximum absolute atomic E-state index is 12.9. The van der Waals surface area contributed by atoms with Crippen LogP contribution >= 0.6 is 15.9 Å². The molecule has 0 unspecified atom stereocenters. The number of anilines is 1. The second kappa shape index (κ2) is 7.83. The fourth-order valence-electron chi connectivity index (χ4n) is 3.05. The van der Waals surface area contributed by atoms with Gasteiger partial charge in [0.15, 0.2) is 5.78 Å². The summed E-state index contributed by atoms with van der Waals surface area (Å²) in [6.45, 7) is 2.08. The average molecular weight is 409 g/mol. The molecule has 0 saturated heterocycles. The molecule has 0 fully saturated rings. The predicted octanol–water partition coefficient (Wildman–Crippen LogP) is 5.31. The third-order valence-electron chi connectivity index (χ3n) is 4.46. The van der Waals surface area contributed by atoms with Crippen LogP contribution in [0.2, 0.25) is 0 Å². The number of hydrogen-bond donors (Lipinski definition) is 0. The van der Waals surface area contributed by atoms with E-state index in [2.05, 4.69) is 46.0 Å². The molecule has 4 heteroatoms. The van der Waals surface area contributed by atoms with Gasteiger partial charge in [-0.3, -0.25) is 4.79 Å². The Bertz CT molecular complexity index is 936. The van der Waals surface area contributed by atoms with Crippen molar-refractivity contribution in [2.45, 2.75) is 13.3 Å². The second-order valence-electron chi connectivity index (χ2n) is 6.47. The van der Waals surface area contributed by atoms with Crippen LogP contribution in [0, 0.1) is 6.92 Å². The Hall–Kier alpha value is -2.46. The lowest BCUT2D eigenvalue weighted by molar-refractivity contribution is 0.0988. The lowest BCUT2D eigenvalue weighted by Gasteiger charge is -2.17. The van der Waals surface area contributed by atoms with Gasteiger partial charge in [-0.05, 0) is 51.2 Å². The van der Waals surface area contributed by atoms with E-state index in [1.165, 1.54) is 0 Å². The topological polar surface area (TPSA) is 33.2 Å². The number of carbonyl (C=O) groups excluding carboxylic acids is 1. The molecular formula is C22H21BrN2O. The summed E-state index contributed by atoms with van der Waals surface area (Å²) in [5.41, 5.74) is 5.81. The number of benzene rings is 2. The van der Waals surface area contributed by atoms with Crippen molar-refractivity contribution in [1.29, 1.82) is 0 Å².